The van der Waals surface area contributed by atoms with Crippen molar-refractivity contribution in [2.75, 3.05) is 0 Å². The van der Waals surface area contributed by atoms with Crippen molar-refractivity contribution in [1.82, 2.24) is 0 Å². The van der Waals surface area contributed by atoms with Crippen molar-refractivity contribution in [2.24, 2.45) is 63.1 Å². The Morgan fingerprint density at radius 1 is 0.909 bits per heavy atom. The Morgan fingerprint density at radius 3 is 2.21 bits per heavy atom. The summed E-state index contributed by atoms with van der Waals surface area (Å²) in [5.41, 5.74) is 1.76. The molecule has 3 heteroatoms. The summed E-state index contributed by atoms with van der Waals surface area (Å²) in [6.45, 7) is 18.7. The minimum absolute atomic E-state index is 0.190. The van der Waals surface area contributed by atoms with Crippen LogP contribution in [0.5, 0.6) is 0 Å². The smallest absolute Gasteiger partial charge is 0.306 e. The number of ketones is 1. The van der Waals surface area contributed by atoms with Gasteiger partial charge in [-0.05, 0) is 110 Å². The SMILES string of the molecule is C=C(C)[C@@H]1C[C@@H](C(=O)O)[C@@H]2CC[C@]3(C)[C@@H](CC[C@@H]4[C@@]5(C)CCC(=O)C(C)(C)[C@H]5CC[C@]43C)[C@H]21. The standard InChI is InChI=1S/C30H46O3/c1-17(2)19-16-20(26(32)33)18-10-14-29(6)21(25(18)19)8-9-23-28(5)13-12-24(31)27(3,4)22(28)11-15-30(23,29)7/h18-23,25H,1,8-16H2,2-7H3,(H,32,33)/t18-,19-,20+,21-,22+,23+,25+,28-,29+,30+/m0/s1. The van der Waals surface area contributed by atoms with Crippen LogP contribution in [-0.4, -0.2) is 16.9 Å². The molecule has 184 valence electrons. The van der Waals surface area contributed by atoms with Crippen LogP contribution in [0.2, 0.25) is 0 Å². The van der Waals surface area contributed by atoms with Gasteiger partial charge < -0.3 is 5.11 Å². The molecule has 10 atom stereocenters. The number of hydrogen-bond acceptors (Lipinski definition) is 2. The van der Waals surface area contributed by atoms with Gasteiger partial charge in [-0.15, -0.1) is 0 Å². The molecule has 0 heterocycles. The van der Waals surface area contributed by atoms with Crippen molar-refractivity contribution in [3.63, 3.8) is 0 Å². The first-order valence-corrected chi connectivity index (χ1v) is 13.7. The fourth-order valence-electron chi connectivity index (χ4n) is 11.3. The highest BCUT2D eigenvalue weighted by atomic mass is 16.4. The minimum Gasteiger partial charge on any atom is -0.481 e. The molecule has 5 fully saturated rings. The minimum atomic E-state index is -0.584. The van der Waals surface area contributed by atoms with E-state index in [9.17, 15) is 14.7 Å². The number of Topliss-reactive ketones (excluding diaryl/α,β-unsaturated/α-hetero) is 1. The van der Waals surface area contributed by atoms with Crippen molar-refractivity contribution in [1.29, 1.82) is 0 Å². The molecule has 5 saturated carbocycles. The maximum absolute atomic E-state index is 12.9. The molecule has 33 heavy (non-hydrogen) atoms. The molecule has 5 aliphatic rings. The molecule has 0 saturated heterocycles. The third-order valence-electron chi connectivity index (χ3n) is 13.1. The van der Waals surface area contributed by atoms with E-state index in [4.69, 9.17) is 0 Å². The number of carbonyl (C=O) groups excluding carboxylic acids is 1. The first-order valence-electron chi connectivity index (χ1n) is 13.7. The van der Waals surface area contributed by atoms with Crippen molar-refractivity contribution in [3.05, 3.63) is 12.2 Å². The van der Waals surface area contributed by atoms with E-state index in [2.05, 4.69) is 48.1 Å². The molecule has 5 aliphatic carbocycles. The van der Waals surface area contributed by atoms with Crippen LogP contribution in [-0.2, 0) is 9.59 Å². The Labute approximate surface area is 201 Å². The van der Waals surface area contributed by atoms with Crippen LogP contribution in [0.1, 0.15) is 99.3 Å². The van der Waals surface area contributed by atoms with Gasteiger partial charge in [0.1, 0.15) is 5.78 Å². The van der Waals surface area contributed by atoms with E-state index in [-0.39, 0.29) is 27.6 Å². The molecule has 0 aromatic heterocycles. The molecule has 0 unspecified atom stereocenters. The molecule has 1 N–H and O–H groups in total. The lowest BCUT2D eigenvalue weighted by molar-refractivity contribution is -0.226. The number of carboxylic acids is 1. The van der Waals surface area contributed by atoms with E-state index in [0.717, 1.165) is 25.7 Å². The topological polar surface area (TPSA) is 54.4 Å². The summed E-state index contributed by atoms with van der Waals surface area (Å²) >= 11 is 0. The highest BCUT2D eigenvalue weighted by molar-refractivity contribution is 5.85. The lowest BCUT2D eigenvalue weighted by Crippen LogP contribution is -2.65. The van der Waals surface area contributed by atoms with E-state index < -0.39 is 5.97 Å². The third-order valence-corrected chi connectivity index (χ3v) is 13.1. The highest BCUT2D eigenvalue weighted by Gasteiger charge is 2.69. The molecule has 3 nitrogen and oxygen atoms in total. The van der Waals surface area contributed by atoms with Crippen LogP contribution >= 0.6 is 0 Å². The maximum atomic E-state index is 12.9. The fourth-order valence-corrected chi connectivity index (χ4v) is 11.3. The molecular weight excluding hydrogens is 408 g/mol. The van der Waals surface area contributed by atoms with Crippen LogP contribution in [0.15, 0.2) is 12.2 Å². The number of carbonyl (C=O) groups is 2. The van der Waals surface area contributed by atoms with E-state index >= 15 is 0 Å². The molecule has 0 amide bonds. The summed E-state index contributed by atoms with van der Waals surface area (Å²) in [4.78, 5) is 25.1. The molecule has 0 bridgehead atoms. The van der Waals surface area contributed by atoms with Gasteiger partial charge in [0.25, 0.3) is 0 Å². The second-order valence-electron chi connectivity index (χ2n) is 14.2. The van der Waals surface area contributed by atoms with Crippen LogP contribution in [0.4, 0.5) is 0 Å². The average Bonchev–Trinajstić information content (AvgIpc) is 3.12. The largest absolute Gasteiger partial charge is 0.481 e. The summed E-state index contributed by atoms with van der Waals surface area (Å²) < 4.78 is 0. The van der Waals surface area contributed by atoms with E-state index in [0.29, 0.717) is 41.3 Å². The Hall–Kier alpha value is -1.12. The monoisotopic (exact) mass is 454 g/mol. The number of hydrogen-bond donors (Lipinski definition) is 1. The Balaban J connectivity index is 1.53. The van der Waals surface area contributed by atoms with Gasteiger partial charge >= 0.3 is 5.97 Å². The summed E-state index contributed by atoms with van der Waals surface area (Å²) in [6.07, 6.45) is 9.69. The number of carboxylic acid groups (broad SMARTS) is 1. The molecular formula is C30H46O3. The van der Waals surface area contributed by atoms with Gasteiger partial charge in [-0.1, -0.05) is 46.8 Å². The van der Waals surface area contributed by atoms with Crippen molar-refractivity contribution >= 4 is 11.8 Å². The van der Waals surface area contributed by atoms with Gasteiger partial charge in [-0.25, -0.2) is 0 Å². The predicted octanol–water partition coefficient (Wildman–Crippen LogP) is 7.15. The molecule has 0 radical (unpaired) electrons. The molecule has 0 aromatic rings. The molecule has 5 rings (SSSR count). The summed E-state index contributed by atoms with van der Waals surface area (Å²) in [5.74, 6) is 2.62. The summed E-state index contributed by atoms with van der Waals surface area (Å²) in [7, 11) is 0. The Kier molecular flexibility index (Phi) is 5.15. The number of allylic oxidation sites excluding steroid dienone is 1. The number of aliphatic carboxylic acids is 1. The zero-order valence-corrected chi connectivity index (χ0v) is 21.9. The van der Waals surface area contributed by atoms with Crippen molar-refractivity contribution in [2.45, 2.75) is 99.3 Å². The fraction of sp³-hybridized carbons (Fsp3) is 0.867. The van der Waals surface area contributed by atoms with Gasteiger partial charge in [-0.2, -0.15) is 0 Å². The summed E-state index contributed by atoms with van der Waals surface area (Å²) in [6, 6.07) is 0. The average molecular weight is 455 g/mol. The van der Waals surface area contributed by atoms with Gasteiger partial charge in [0.05, 0.1) is 5.92 Å². The van der Waals surface area contributed by atoms with E-state index in [1.54, 1.807) is 0 Å². The van der Waals surface area contributed by atoms with Crippen LogP contribution in [0.3, 0.4) is 0 Å². The van der Waals surface area contributed by atoms with E-state index in [1.807, 2.05) is 0 Å². The molecule has 0 aromatic carbocycles. The van der Waals surface area contributed by atoms with Crippen LogP contribution in [0, 0.1) is 63.1 Å². The third kappa shape index (κ3) is 2.86. The number of fused-ring (bicyclic) bond motifs is 7. The predicted molar refractivity (Wildman–Crippen MR) is 132 cm³/mol. The van der Waals surface area contributed by atoms with Gasteiger partial charge in [0.15, 0.2) is 0 Å². The lowest BCUT2D eigenvalue weighted by atomic mass is 9.33. The first-order chi connectivity index (χ1) is 15.3. The second-order valence-corrected chi connectivity index (χ2v) is 14.2. The Morgan fingerprint density at radius 2 is 1.58 bits per heavy atom. The zero-order valence-electron chi connectivity index (χ0n) is 21.9. The van der Waals surface area contributed by atoms with E-state index in [1.165, 1.54) is 37.7 Å². The highest BCUT2D eigenvalue weighted by Crippen LogP contribution is 2.76. The molecule has 0 aliphatic heterocycles. The Bertz CT molecular complexity index is 887. The van der Waals surface area contributed by atoms with Gasteiger partial charge in [0, 0.05) is 11.8 Å². The second kappa shape index (κ2) is 7.20. The summed E-state index contributed by atoms with van der Waals surface area (Å²) in [5, 5.41) is 10.0. The van der Waals surface area contributed by atoms with Gasteiger partial charge in [-0.3, -0.25) is 9.59 Å². The quantitative estimate of drug-likeness (QED) is 0.451. The maximum Gasteiger partial charge on any atom is 0.306 e. The zero-order chi connectivity index (χ0) is 24.1. The number of rotatable bonds is 2. The van der Waals surface area contributed by atoms with Crippen LogP contribution < -0.4 is 0 Å². The first kappa shape index (κ1) is 23.6. The van der Waals surface area contributed by atoms with Crippen LogP contribution in [0.25, 0.3) is 0 Å². The van der Waals surface area contributed by atoms with Gasteiger partial charge in [0.2, 0.25) is 0 Å². The lowest BCUT2D eigenvalue weighted by Gasteiger charge is -2.71. The normalized spacial score (nSPS) is 52.8. The molecule has 0 spiro atoms. The van der Waals surface area contributed by atoms with Crippen molar-refractivity contribution < 1.29 is 14.7 Å². The van der Waals surface area contributed by atoms with Crippen molar-refractivity contribution in [3.8, 4) is 0 Å².